The summed E-state index contributed by atoms with van der Waals surface area (Å²) in [5.74, 6) is 0.293. The topological polar surface area (TPSA) is 41.3 Å². The molecule has 0 radical (unpaired) electrons. The number of likely N-dealkylation sites (tertiary alicyclic amines) is 1. The summed E-state index contributed by atoms with van der Waals surface area (Å²) in [6.07, 6.45) is 0.856. The minimum absolute atomic E-state index is 0.293. The van der Waals surface area contributed by atoms with Gasteiger partial charge in [0.25, 0.3) is 0 Å². The van der Waals surface area contributed by atoms with E-state index in [4.69, 9.17) is 11.6 Å². The summed E-state index contributed by atoms with van der Waals surface area (Å²) >= 11 is 6.39. The van der Waals surface area contributed by atoms with Crippen molar-refractivity contribution in [3.8, 4) is 0 Å². The first-order valence-corrected chi connectivity index (χ1v) is 7.47. The van der Waals surface area contributed by atoms with Gasteiger partial charge in [0.1, 0.15) is 0 Å². The van der Waals surface area contributed by atoms with Crippen molar-refractivity contribution in [2.24, 2.45) is 5.92 Å². The highest BCUT2D eigenvalue weighted by molar-refractivity contribution is 6.31. The van der Waals surface area contributed by atoms with Crippen molar-refractivity contribution in [2.75, 3.05) is 13.1 Å². The van der Waals surface area contributed by atoms with E-state index in [1.165, 1.54) is 0 Å². The monoisotopic (exact) mass is 285 g/mol. The Morgan fingerprint density at radius 2 is 2.00 bits per heavy atom. The van der Waals surface area contributed by atoms with Crippen LogP contribution in [-0.2, 0) is 19.5 Å². The molecule has 1 aliphatic heterocycles. The maximum absolute atomic E-state index is 10.3. The van der Waals surface area contributed by atoms with Crippen molar-refractivity contribution >= 4 is 11.6 Å². The molecule has 0 unspecified atom stereocenters. The Morgan fingerprint density at radius 1 is 1.37 bits per heavy atom. The highest BCUT2D eigenvalue weighted by atomic mass is 35.5. The molecule has 0 saturated carbocycles. The van der Waals surface area contributed by atoms with E-state index >= 15 is 0 Å². The Bertz CT molecular complexity index is 450. The summed E-state index contributed by atoms with van der Waals surface area (Å²) in [6, 6.07) is 0. The summed E-state index contributed by atoms with van der Waals surface area (Å²) in [4.78, 5) is 2.23. The smallest absolute Gasteiger partial charge is 0.0923 e. The maximum atomic E-state index is 10.3. The van der Waals surface area contributed by atoms with E-state index in [2.05, 4.69) is 37.7 Å². The average molecular weight is 286 g/mol. The maximum Gasteiger partial charge on any atom is 0.0923 e. The van der Waals surface area contributed by atoms with Crippen LogP contribution >= 0.6 is 11.6 Å². The van der Waals surface area contributed by atoms with Gasteiger partial charge in [-0.3, -0.25) is 9.58 Å². The molecule has 1 aromatic heterocycles. The van der Waals surface area contributed by atoms with Crippen molar-refractivity contribution < 1.29 is 5.11 Å². The van der Waals surface area contributed by atoms with E-state index in [9.17, 15) is 5.11 Å². The van der Waals surface area contributed by atoms with Gasteiger partial charge in [-0.2, -0.15) is 5.10 Å². The van der Waals surface area contributed by atoms with E-state index < -0.39 is 5.60 Å². The number of rotatable bonds is 5. The molecule has 0 aliphatic carbocycles. The van der Waals surface area contributed by atoms with E-state index in [0.29, 0.717) is 5.92 Å². The van der Waals surface area contributed by atoms with Crippen LogP contribution < -0.4 is 0 Å². The molecule has 0 atom stereocenters. The summed E-state index contributed by atoms with van der Waals surface area (Å²) in [5.41, 5.74) is 1.52. The first kappa shape index (κ1) is 14.8. The van der Waals surface area contributed by atoms with Gasteiger partial charge < -0.3 is 5.11 Å². The van der Waals surface area contributed by atoms with Crippen molar-refractivity contribution in [3.63, 3.8) is 0 Å². The van der Waals surface area contributed by atoms with Gasteiger partial charge in [0.15, 0.2) is 0 Å². The second-order valence-electron chi connectivity index (χ2n) is 5.78. The van der Waals surface area contributed by atoms with Gasteiger partial charge in [-0.15, -0.1) is 0 Å². The first-order valence-electron chi connectivity index (χ1n) is 7.10. The van der Waals surface area contributed by atoms with E-state index in [1.807, 2.05) is 4.68 Å². The third kappa shape index (κ3) is 2.67. The van der Waals surface area contributed by atoms with Crippen molar-refractivity contribution in [1.29, 1.82) is 0 Å². The van der Waals surface area contributed by atoms with Gasteiger partial charge in [0, 0.05) is 26.2 Å². The Balaban J connectivity index is 2.07. The minimum Gasteiger partial charge on any atom is -0.387 e. The zero-order valence-corrected chi connectivity index (χ0v) is 13.0. The molecule has 2 heterocycles. The average Bonchev–Trinajstić information content (AvgIpc) is 2.63. The Hall–Kier alpha value is -0.580. The Kier molecular flexibility index (Phi) is 4.23. The van der Waals surface area contributed by atoms with Gasteiger partial charge in [0.05, 0.1) is 22.0 Å². The fraction of sp³-hybridized carbons (Fsp3) is 0.786. The van der Waals surface area contributed by atoms with E-state index in [0.717, 1.165) is 49.0 Å². The molecule has 1 fully saturated rings. The molecule has 0 aromatic carbocycles. The molecule has 2 rings (SSSR count). The van der Waals surface area contributed by atoms with Gasteiger partial charge in [-0.25, -0.2) is 0 Å². The number of aromatic nitrogens is 2. The largest absolute Gasteiger partial charge is 0.387 e. The van der Waals surface area contributed by atoms with Crippen LogP contribution in [0.5, 0.6) is 0 Å². The summed E-state index contributed by atoms with van der Waals surface area (Å²) < 4.78 is 1.98. The summed E-state index contributed by atoms with van der Waals surface area (Å²) in [5, 5.41) is 15.6. The molecule has 19 heavy (non-hydrogen) atoms. The molecule has 0 spiro atoms. The highest BCUT2D eigenvalue weighted by Gasteiger charge is 2.43. The molecule has 5 heteroatoms. The lowest BCUT2D eigenvalue weighted by Gasteiger charge is -2.49. The second kappa shape index (κ2) is 5.43. The van der Waals surface area contributed by atoms with Gasteiger partial charge in [-0.05, 0) is 19.3 Å². The van der Waals surface area contributed by atoms with Gasteiger partial charge >= 0.3 is 0 Å². The lowest BCUT2D eigenvalue weighted by Crippen LogP contribution is -2.64. The van der Waals surface area contributed by atoms with Crippen molar-refractivity contribution in [3.05, 3.63) is 16.4 Å². The fourth-order valence-corrected chi connectivity index (χ4v) is 2.91. The van der Waals surface area contributed by atoms with E-state index in [1.54, 1.807) is 0 Å². The number of hydrogen-bond acceptors (Lipinski definition) is 3. The third-order valence-electron chi connectivity index (χ3n) is 4.14. The molecular weight excluding hydrogens is 262 g/mol. The number of aryl methyl sites for hydroxylation is 2. The number of nitrogens with zero attached hydrogens (tertiary/aromatic N) is 3. The second-order valence-corrected chi connectivity index (χ2v) is 6.16. The zero-order valence-electron chi connectivity index (χ0n) is 12.3. The fourth-order valence-electron chi connectivity index (χ4n) is 2.59. The Labute approximate surface area is 120 Å². The van der Waals surface area contributed by atoms with Crippen LogP contribution in [0.25, 0.3) is 0 Å². The molecule has 0 bridgehead atoms. The van der Waals surface area contributed by atoms with Crippen molar-refractivity contribution in [2.45, 2.75) is 52.8 Å². The van der Waals surface area contributed by atoms with Crippen LogP contribution in [0.4, 0.5) is 0 Å². The van der Waals surface area contributed by atoms with Crippen LogP contribution in [0.1, 0.15) is 39.1 Å². The number of β-amino-alcohol motifs (C(OH)–C–C–N with tert-alkyl or cyclic N) is 1. The molecule has 4 nitrogen and oxygen atoms in total. The van der Waals surface area contributed by atoms with Crippen LogP contribution in [0.15, 0.2) is 0 Å². The normalized spacial score (nSPS) is 18.9. The van der Waals surface area contributed by atoms with E-state index in [-0.39, 0.29) is 0 Å². The number of halogens is 1. The number of hydrogen-bond donors (Lipinski definition) is 1. The molecule has 108 valence electrons. The van der Waals surface area contributed by atoms with Crippen LogP contribution in [0.2, 0.25) is 5.02 Å². The predicted octanol–water partition coefficient (Wildman–Crippen LogP) is 2.32. The highest BCUT2D eigenvalue weighted by Crippen LogP contribution is 2.31. The molecule has 1 saturated heterocycles. The molecule has 1 aliphatic rings. The standard InChI is InChI=1S/C14H24ClN3O/c1-5-11-13(15)12(18(6-2)16-11)7-17-8-14(19,9-17)10(3)4/h10,19H,5-9H2,1-4H3. The molecular formula is C14H24ClN3O. The van der Waals surface area contributed by atoms with Crippen molar-refractivity contribution in [1.82, 2.24) is 14.7 Å². The van der Waals surface area contributed by atoms with Crippen LogP contribution in [0.3, 0.4) is 0 Å². The lowest BCUT2D eigenvalue weighted by molar-refractivity contribution is -0.131. The van der Waals surface area contributed by atoms with Gasteiger partial charge in [-0.1, -0.05) is 32.4 Å². The Morgan fingerprint density at radius 3 is 2.47 bits per heavy atom. The molecule has 1 N–H and O–H groups in total. The number of aliphatic hydroxyl groups is 1. The third-order valence-corrected chi connectivity index (χ3v) is 4.57. The van der Waals surface area contributed by atoms with Crippen LogP contribution in [-0.4, -0.2) is 38.5 Å². The zero-order chi connectivity index (χ0) is 14.2. The molecule has 1 aromatic rings. The lowest BCUT2D eigenvalue weighted by atomic mass is 9.83. The first-order chi connectivity index (χ1) is 8.91. The predicted molar refractivity (Wildman–Crippen MR) is 77.4 cm³/mol. The van der Waals surface area contributed by atoms with Crippen LogP contribution in [0, 0.1) is 5.92 Å². The quantitative estimate of drug-likeness (QED) is 0.903. The summed E-state index contributed by atoms with van der Waals surface area (Å²) in [7, 11) is 0. The van der Waals surface area contributed by atoms with Gasteiger partial charge in [0.2, 0.25) is 0 Å². The molecule has 0 amide bonds. The minimum atomic E-state index is -0.531. The summed E-state index contributed by atoms with van der Waals surface area (Å²) in [6.45, 7) is 11.3. The SMILES string of the molecule is CCc1nn(CC)c(CN2CC(O)(C(C)C)C2)c1Cl.